The lowest BCUT2D eigenvalue weighted by atomic mass is 10.4. The van der Waals surface area contributed by atoms with Crippen LogP contribution in [0.25, 0.3) is 0 Å². The molecule has 9 heavy (non-hydrogen) atoms. The maximum absolute atomic E-state index is 5.66. The molecule has 0 saturated heterocycles. The second-order valence-electron chi connectivity index (χ2n) is 2.22. The molecule has 0 aliphatic carbocycles. The molecule has 0 rings (SSSR count). The Morgan fingerprint density at radius 1 is 1.11 bits per heavy atom. The molecule has 0 aromatic carbocycles. The third kappa shape index (κ3) is 8.54. The molecule has 1 N–H and O–H groups in total. The molecular weight excluding hydrogens is 157 g/mol. The fourth-order valence-corrected chi connectivity index (χ4v) is 0.699. The molecule has 0 amide bonds. The monoisotopic (exact) mass is 169 g/mol. The van der Waals surface area contributed by atoms with E-state index in [4.69, 9.17) is 23.2 Å². The second-order valence-corrected chi connectivity index (χ2v) is 3.71. The molecule has 0 saturated carbocycles. The van der Waals surface area contributed by atoms with Gasteiger partial charge in [-0.3, -0.25) is 0 Å². The van der Waals surface area contributed by atoms with Crippen LogP contribution in [0.4, 0.5) is 0 Å². The Labute approximate surface area is 66.7 Å². The van der Waals surface area contributed by atoms with Crippen LogP contribution in [0.15, 0.2) is 0 Å². The normalized spacial score (nSPS) is 17.3. The van der Waals surface area contributed by atoms with Gasteiger partial charge in [0.15, 0.2) is 0 Å². The third-order valence-electron chi connectivity index (χ3n) is 0.851. The molecular formula is C6H13Cl2N. The van der Waals surface area contributed by atoms with Crippen molar-refractivity contribution in [1.29, 1.82) is 0 Å². The van der Waals surface area contributed by atoms with Crippen LogP contribution >= 0.6 is 23.2 Å². The zero-order valence-corrected chi connectivity index (χ0v) is 7.34. The van der Waals surface area contributed by atoms with Crippen molar-refractivity contribution < 1.29 is 0 Å². The van der Waals surface area contributed by atoms with Crippen molar-refractivity contribution in [2.45, 2.75) is 24.6 Å². The molecule has 0 aromatic rings. The average molecular weight is 170 g/mol. The summed E-state index contributed by atoms with van der Waals surface area (Å²) in [5.74, 6) is 0. The molecule has 0 aliphatic heterocycles. The first-order valence-corrected chi connectivity index (χ1v) is 3.99. The smallest absolute Gasteiger partial charge is 0.0432 e. The standard InChI is InChI=1S/C6H13Cl2N/c1-5(7)3-9-4-6(2)8/h5-6,9H,3-4H2,1-2H3/t5-,6+. The second kappa shape index (κ2) is 5.33. The highest BCUT2D eigenvalue weighted by atomic mass is 35.5. The molecule has 0 aliphatic rings. The van der Waals surface area contributed by atoms with Crippen molar-refractivity contribution in [3.63, 3.8) is 0 Å². The minimum atomic E-state index is 0.195. The van der Waals surface area contributed by atoms with Gasteiger partial charge in [0, 0.05) is 23.8 Å². The maximum Gasteiger partial charge on any atom is 0.0432 e. The summed E-state index contributed by atoms with van der Waals surface area (Å²) in [5, 5.41) is 3.51. The van der Waals surface area contributed by atoms with Crippen LogP contribution in [0, 0.1) is 0 Å². The van der Waals surface area contributed by atoms with Gasteiger partial charge >= 0.3 is 0 Å². The van der Waals surface area contributed by atoms with Gasteiger partial charge < -0.3 is 5.32 Å². The molecule has 0 bridgehead atoms. The zero-order valence-electron chi connectivity index (χ0n) is 5.82. The highest BCUT2D eigenvalue weighted by molar-refractivity contribution is 6.21. The lowest BCUT2D eigenvalue weighted by Crippen LogP contribution is -2.26. The number of halogens is 2. The summed E-state index contributed by atoms with van der Waals surface area (Å²) in [6.07, 6.45) is 0. The first kappa shape index (κ1) is 9.54. The van der Waals surface area contributed by atoms with E-state index in [1.165, 1.54) is 0 Å². The van der Waals surface area contributed by atoms with Gasteiger partial charge in [0.2, 0.25) is 0 Å². The summed E-state index contributed by atoms with van der Waals surface area (Å²) in [4.78, 5) is 0. The van der Waals surface area contributed by atoms with E-state index in [2.05, 4.69) is 5.32 Å². The number of hydrogen-bond acceptors (Lipinski definition) is 1. The lowest BCUT2D eigenvalue weighted by Gasteiger charge is -2.06. The lowest BCUT2D eigenvalue weighted by molar-refractivity contribution is 0.669. The maximum atomic E-state index is 5.66. The van der Waals surface area contributed by atoms with Gasteiger partial charge in [-0.05, 0) is 13.8 Å². The topological polar surface area (TPSA) is 12.0 Å². The molecule has 0 fully saturated rings. The van der Waals surface area contributed by atoms with Crippen LogP contribution in [0.3, 0.4) is 0 Å². The Morgan fingerprint density at radius 2 is 1.44 bits per heavy atom. The van der Waals surface area contributed by atoms with E-state index in [9.17, 15) is 0 Å². The van der Waals surface area contributed by atoms with E-state index >= 15 is 0 Å². The fraction of sp³-hybridized carbons (Fsp3) is 1.00. The summed E-state index contributed by atoms with van der Waals surface area (Å²) >= 11 is 11.3. The number of alkyl halides is 2. The van der Waals surface area contributed by atoms with Gasteiger partial charge in [0.25, 0.3) is 0 Å². The van der Waals surface area contributed by atoms with Crippen molar-refractivity contribution in [1.82, 2.24) is 5.32 Å². The van der Waals surface area contributed by atoms with Gasteiger partial charge in [-0.15, -0.1) is 23.2 Å². The molecule has 56 valence electrons. The Bertz CT molecular complexity index is 56.1. The first-order valence-electron chi connectivity index (χ1n) is 3.11. The van der Waals surface area contributed by atoms with Crippen LogP contribution < -0.4 is 5.32 Å². The van der Waals surface area contributed by atoms with Gasteiger partial charge in [-0.25, -0.2) is 0 Å². The fourth-order valence-electron chi connectivity index (χ4n) is 0.481. The highest BCUT2D eigenvalue weighted by Crippen LogP contribution is 1.92. The molecule has 1 nitrogen and oxygen atoms in total. The van der Waals surface area contributed by atoms with E-state index in [1.807, 2.05) is 13.8 Å². The van der Waals surface area contributed by atoms with Crippen LogP contribution in [-0.4, -0.2) is 23.8 Å². The molecule has 0 spiro atoms. The van der Waals surface area contributed by atoms with Crippen molar-refractivity contribution in [3.05, 3.63) is 0 Å². The molecule has 0 radical (unpaired) electrons. The number of hydrogen-bond donors (Lipinski definition) is 1. The van der Waals surface area contributed by atoms with Crippen molar-refractivity contribution in [2.75, 3.05) is 13.1 Å². The number of nitrogens with one attached hydrogen (secondary N) is 1. The molecule has 2 atom stereocenters. The Balaban J connectivity index is 2.91. The zero-order chi connectivity index (χ0) is 7.28. The minimum Gasteiger partial charge on any atom is -0.314 e. The SMILES string of the molecule is C[C@H](Cl)CNC[C@@H](C)Cl. The molecule has 0 aromatic heterocycles. The van der Waals surface area contributed by atoms with Crippen molar-refractivity contribution in [3.8, 4) is 0 Å². The summed E-state index contributed by atoms with van der Waals surface area (Å²) in [7, 11) is 0. The minimum absolute atomic E-state index is 0.195. The van der Waals surface area contributed by atoms with E-state index in [-0.39, 0.29) is 10.8 Å². The van der Waals surface area contributed by atoms with Crippen molar-refractivity contribution in [2.24, 2.45) is 0 Å². The van der Waals surface area contributed by atoms with Crippen LogP contribution in [0.5, 0.6) is 0 Å². The van der Waals surface area contributed by atoms with E-state index < -0.39 is 0 Å². The summed E-state index contributed by atoms with van der Waals surface area (Å²) in [6.45, 7) is 5.57. The quantitative estimate of drug-likeness (QED) is 0.634. The summed E-state index contributed by atoms with van der Waals surface area (Å²) in [6, 6.07) is 0. The average Bonchev–Trinajstić information content (AvgIpc) is 1.63. The Morgan fingerprint density at radius 3 is 1.67 bits per heavy atom. The largest absolute Gasteiger partial charge is 0.314 e. The van der Waals surface area contributed by atoms with E-state index in [0.717, 1.165) is 13.1 Å². The van der Waals surface area contributed by atoms with Gasteiger partial charge in [0.05, 0.1) is 0 Å². The molecule has 0 heterocycles. The van der Waals surface area contributed by atoms with Gasteiger partial charge in [0.1, 0.15) is 0 Å². The highest BCUT2D eigenvalue weighted by Gasteiger charge is 1.96. The van der Waals surface area contributed by atoms with Crippen LogP contribution in [0.1, 0.15) is 13.8 Å². The van der Waals surface area contributed by atoms with Gasteiger partial charge in [-0.1, -0.05) is 0 Å². The predicted molar refractivity (Wildman–Crippen MR) is 43.5 cm³/mol. The summed E-state index contributed by atoms with van der Waals surface area (Å²) in [5.41, 5.74) is 0. The first-order chi connectivity index (χ1) is 4.13. The predicted octanol–water partition coefficient (Wildman–Crippen LogP) is 1.83. The third-order valence-corrected chi connectivity index (χ3v) is 1.16. The molecule has 0 unspecified atom stereocenters. The Kier molecular flexibility index (Phi) is 5.65. The summed E-state index contributed by atoms with van der Waals surface area (Å²) < 4.78 is 0. The van der Waals surface area contributed by atoms with Crippen molar-refractivity contribution >= 4 is 23.2 Å². The van der Waals surface area contributed by atoms with Crippen LogP contribution in [-0.2, 0) is 0 Å². The number of rotatable bonds is 4. The molecule has 3 heteroatoms. The van der Waals surface area contributed by atoms with E-state index in [1.54, 1.807) is 0 Å². The van der Waals surface area contributed by atoms with E-state index in [0.29, 0.717) is 0 Å². The Hall–Kier alpha value is 0.540. The van der Waals surface area contributed by atoms with Crippen LogP contribution in [0.2, 0.25) is 0 Å². The van der Waals surface area contributed by atoms with Gasteiger partial charge in [-0.2, -0.15) is 0 Å².